The number of nitrogens with one attached hydrogen (secondary N) is 1. The second kappa shape index (κ2) is 9.38. The Hall–Kier alpha value is -2.34. The molecule has 1 aromatic carbocycles. The first-order chi connectivity index (χ1) is 12.5. The Balaban J connectivity index is 1.96. The van der Waals surface area contributed by atoms with E-state index in [9.17, 15) is 4.79 Å². The van der Waals surface area contributed by atoms with Gasteiger partial charge in [-0.2, -0.15) is 0 Å². The summed E-state index contributed by atoms with van der Waals surface area (Å²) in [5.41, 5.74) is 2.31. The SMILES string of the molecule is CCN(CC)c1ncc(Cl)c(C(=O)NCCOc2c(C)cccc2C)n1. The molecule has 140 valence electrons. The number of hydrogen-bond donors (Lipinski definition) is 1. The minimum atomic E-state index is -0.337. The summed E-state index contributed by atoms with van der Waals surface area (Å²) in [5.74, 6) is 1.01. The molecule has 0 aliphatic carbocycles. The van der Waals surface area contributed by atoms with Gasteiger partial charge in [0.15, 0.2) is 5.69 Å². The van der Waals surface area contributed by atoms with Crippen molar-refractivity contribution in [2.24, 2.45) is 0 Å². The van der Waals surface area contributed by atoms with Crippen molar-refractivity contribution in [1.82, 2.24) is 15.3 Å². The molecule has 1 aromatic heterocycles. The molecule has 0 bridgehead atoms. The number of rotatable bonds is 8. The lowest BCUT2D eigenvalue weighted by molar-refractivity contribution is 0.0942. The van der Waals surface area contributed by atoms with Gasteiger partial charge in [-0.05, 0) is 38.8 Å². The smallest absolute Gasteiger partial charge is 0.271 e. The molecule has 0 spiro atoms. The number of benzene rings is 1. The monoisotopic (exact) mass is 376 g/mol. The van der Waals surface area contributed by atoms with Crippen molar-refractivity contribution in [3.05, 3.63) is 46.2 Å². The Morgan fingerprint density at radius 2 is 1.88 bits per heavy atom. The summed E-state index contributed by atoms with van der Waals surface area (Å²) in [7, 11) is 0. The third-order valence-corrected chi connectivity index (χ3v) is 4.31. The van der Waals surface area contributed by atoms with Gasteiger partial charge in [-0.25, -0.2) is 9.97 Å². The highest BCUT2D eigenvalue weighted by molar-refractivity contribution is 6.33. The number of aromatic nitrogens is 2. The zero-order valence-corrected chi connectivity index (χ0v) is 16.4. The highest BCUT2D eigenvalue weighted by Gasteiger charge is 2.16. The quantitative estimate of drug-likeness (QED) is 0.715. The van der Waals surface area contributed by atoms with Crippen LogP contribution >= 0.6 is 11.6 Å². The number of para-hydroxylation sites is 1. The van der Waals surface area contributed by atoms with E-state index in [0.29, 0.717) is 19.1 Å². The van der Waals surface area contributed by atoms with Crippen LogP contribution in [0.15, 0.2) is 24.4 Å². The molecule has 1 amide bonds. The van der Waals surface area contributed by atoms with E-state index in [0.717, 1.165) is 30.0 Å². The maximum Gasteiger partial charge on any atom is 0.271 e. The Kier molecular flexibility index (Phi) is 7.21. The molecule has 7 heteroatoms. The van der Waals surface area contributed by atoms with Crippen molar-refractivity contribution in [3.63, 3.8) is 0 Å². The van der Waals surface area contributed by atoms with Gasteiger partial charge < -0.3 is 15.0 Å². The van der Waals surface area contributed by atoms with Crippen LogP contribution in [0.5, 0.6) is 5.75 Å². The molecular weight excluding hydrogens is 352 g/mol. The number of hydrogen-bond acceptors (Lipinski definition) is 5. The van der Waals surface area contributed by atoms with Crippen molar-refractivity contribution >= 4 is 23.5 Å². The standard InChI is InChI=1S/C19H25ClN4O2/c1-5-24(6-2)19-22-12-15(20)16(23-19)18(25)21-10-11-26-17-13(3)8-7-9-14(17)4/h7-9,12H,5-6,10-11H2,1-4H3,(H,21,25). The van der Waals surface area contributed by atoms with Crippen LogP contribution in [0.3, 0.4) is 0 Å². The number of aryl methyl sites for hydroxylation is 2. The molecule has 0 aliphatic heterocycles. The van der Waals surface area contributed by atoms with E-state index in [4.69, 9.17) is 16.3 Å². The number of anilines is 1. The van der Waals surface area contributed by atoms with Crippen LogP contribution < -0.4 is 15.0 Å². The van der Waals surface area contributed by atoms with Gasteiger partial charge in [-0.1, -0.05) is 29.8 Å². The van der Waals surface area contributed by atoms with Gasteiger partial charge >= 0.3 is 0 Å². The van der Waals surface area contributed by atoms with Crippen molar-refractivity contribution in [3.8, 4) is 5.75 Å². The van der Waals surface area contributed by atoms with Gasteiger partial charge in [0.1, 0.15) is 12.4 Å². The number of amides is 1. The predicted octanol–water partition coefficient (Wildman–Crippen LogP) is 3.40. The Bertz CT molecular complexity index is 743. The second-order valence-electron chi connectivity index (χ2n) is 5.86. The van der Waals surface area contributed by atoms with Crippen LogP contribution in [0.2, 0.25) is 5.02 Å². The van der Waals surface area contributed by atoms with E-state index in [-0.39, 0.29) is 16.6 Å². The van der Waals surface area contributed by atoms with E-state index in [1.165, 1.54) is 6.20 Å². The minimum absolute atomic E-state index is 0.177. The van der Waals surface area contributed by atoms with Crippen molar-refractivity contribution < 1.29 is 9.53 Å². The molecule has 0 saturated heterocycles. The topological polar surface area (TPSA) is 67.4 Å². The summed E-state index contributed by atoms with van der Waals surface area (Å²) in [6.07, 6.45) is 1.46. The third kappa shape index (κ3) is 4.85. The van der Waals surface area contributed by atoms with Crippen molar-refractivity contribution in [1.29, 1.82) is 0 Å². The maximum absolute atomic E-state index is 12.4. The number of carbonyl (C=O) groups excluding carboxylic acids is 1. The van der Waals surface area contributed by atoms with E-state index in [1.807, 2.05) is 50.8 Å². The van der Waals surface area contributed by atoms with Crippen LogP contribution in [-0.4, -0.2) is 42.1 Å². The van der Waals surface area contributed by atoms with Gasteiger partial charge in [0.2, 0.25) is 5.95 Å². The summed E-state index contributed by atoms with van der Waals surface area (Å²) >= 11 is 6.10. The molecule has 1 heterocycles. The molecule has 1 N–H and O–H groups in total. The van der Waals surface area contributed by atoms with E-state index >= 15 is 0 Å². The van der Waals surface area contributed by atoms with E-state index < -0.39 is 0 Å². The molecular formula is C19H25ClN4O2. The summed E-state index contributed by atoms with van der Waals surface area (Å²) in [5, 5.41) is 3.02. The summed E-state index contributed by atoms with van der Waals surface area (Å²) in [6, 6.07) is 5.98. The molecule has 0 radical (unpaired) electrons. The second-order valence-corrected chi connectivity index (χ2v) is 6.27. The molecule has 26 heavy (non-hydrogen) atoms. The average Bonchev–Trinajstić information content (AvgIpc) is 2.62. The van der Waals surface area contributed by atoms with Crippen LogP contribution in [0.4, 0.5) is 5.95 Å². The zero-order chi connectivity index (χ0) is 19.1. The lowest BCUT2D eigenvalue weighted by atomic mass is 10.1. The lowest BCUT2D eigenvalue weighted by Crippen LogP contribution is -2.30. The summed E-state index contributed by atoms with van der Waals surface area (Å²) < 4.78 is 5.79. The van der Waals surface area contributed by atoms with Crippen LogP contribution in [-0.2, 0) is 0 Å². The third-order valence-electron chi connectivity index (χ3n) is 4.04. The van der Waals surface area contributed by atoms with E-state index in [2.05, 4.69) is 15.3 Å². The molecule has 0 atom stereocenters. The zero-order valence-electron chi connectivity index (χ0n) is 15.7. The van der Waals surface area contributed by atoms with Gasteiger partial charge in [0, 0.05) is 13.1 Å². The maximum atomic E-state index is 12.4. The number of ether oxygens (including phenoxy) is 1. The Morgan fingerprint density at radius 3 is 2.50 bits per heavy atom. The Labute approximate surface area is 159 Å². The fourth-order valence-corrected chi connectivity index (χ4v) is 2.78. The van der Waals surface area contributed by atoms with Crippen LogP contribution in [0.25, 0.3) is 0 Å². The molecule has 6 nitrogen and oxygen atoms in total. The van der Waals surface area contributed by atoms with E-state index in [1.54, 1.807) is 0 Å². The van der Waals surface area contributed by atoms with Crippen molar-refractivity contribution in [2.75, 3.05) is 31.1 Å². The van der Waals surface area contributed by atoms with Gasteiger partial charge in [0.05, 0.1) is 17.8 Å². The molecule has 0 unspecified atom stereocenters. The predicted molar refractivity (Wildman–Crippen MR) is 104 cm³/mol. The average molecular weight is 377 g/mol. The first kappa shape index (κ1) is 20.0. The molecule has 0 aliphatic rings. The minimum Gasteiger partial charge on any atom is -0.491 e. The molecule has 0 fully saturated rings. The lowest BCUT2D eigenvalue weighted by Gasteiger charge is -2.19. The van der Waals surface area contributed by atoms with Crippen LogP contribution in [0, 0.1) is 13.8 Å². The van der Waals surface area contributed by atoms with Gasteiger partial charge in [-0.15, -0.1) is 0 Å². The first-order valence-corrected chi connectivity index (χ1v) is 9.10. The highest BCUT2D eigenvalue weighted by atomic mass is 35.5. The number of carbonyl (C=O) groups is 1. The summed E-state index contributed by atoms with van der Waals surface area (Å²) in [6.45, 7) is 10.2. The molecule has 2 aromatic rings. The highest BCUT2D eigenvalue weighted by Crippen LogP contribution is 2.22. The largest absolute Gasteiger partial charge is 0.491 e. The van der Waals surface area contributed by atoms with Crippen LogP contribution in [0.1, 0.15) is 35.5 Å². The number of nitrogens with zero attached hydrogens (tertiary/aromatic N) is 3. The van der Waals surface area contributed by atoms with Crippen molar-refractivity contribution in [2.45, 2.75) is 27.7 Å². The van der Waals surface area contributed by atoms with Gasteiger partial charge in [0.25, 0.3) is 5.91 Å². The summed E-state index contributed by atoms with van der Waals surface area (Å²) in [4.78, 5) is 22.9. The molecule has 0 saturated carbocycles. The van der Waals surface area contributed by atoms with Gasteiger partial charge in [-0.3, -0.25) is 4.79 Å². The number of halogens is 1. The fraction of sp³-hybridized carbons (Fsp3) is 0.421. The Morgan fingerprint density at radius 1 is 1.23 bits per heavy atom. The fourth-order valence-electron chi connectivity index (χ4n) is 2.60. The normalized spacial score (nSPS) is 10.5. The molecule has 2 rings (SSSR count). The first-order valence-electron chi connectivity index (χ1n) is 8.72.